The van der Waals surface area contributed by atoms with Gasteiger partial charge in [-0.2, -0.15) is 0 Å². The molecule has 0 atom stereocenters. The Bertz CT molecular complexity index is 3250. The van der Waals surface area contributed by atoms with Gasteiger partial charge in [-0.1, -0.05) is 164 Å². The third-order valence-electron chi connectivity index (χ3n) is 11.5. The first kappa shape index (κ1) is 33.6. The summed E-state index contributed by atoms with van der Waals surface area (Å²) in [6.07, 6.45) is 0. The van der Waals surface area contributed by atoms with Crippen molar-refractivity contribution in [3.63, 3.8) is 0 Å². The maximum atomic E-state index is 6.34. The summed E-state index contributed by atoms with van der Waals surface area (Å²) in [7, 11) is 0. The van der Waals surface area contributed by atoms with E-state index >= 15 is 0 Å². The minimum absolute atomic E-state index is 0.903. The van der Waals surface area contributed by atoms with Gasteiger partial charge in [-0.15, -0.1) is 0 Å². The van der Waals surface area contributed by atoms with Gasteiger partial charge in [0.25, 0.3) is 0 Å². The Labute approximate surface area is 337 Å². The van der Waals surface area contributed by atoms with E-state index < -0.39 is 0 Å². The fraction of sp³-hybridized carbons (Fsp3) is 0. The summed E-state index contributed by atoms with van der Waals surface area (Å²) in [5.74, 6) is 0. The Hall–Kier alpha value is -7.68. The Morgan fingerprint density at radius 2 is 0.776 bits per heavy atom. The van der Waals surface area contributed by atoms with Gasteiger partial charge >= 0.3 is 0 Å². The zero-order chi connectivity index (χ0) is 38.4. The van der Waals surface area contributed by atoms with E-state index in [0.29, 0.717) is 0 Å². The third-order valence-corrected chi connectivity index (χ3v) is 11.5. The van der Waals surface area contributed by atoms with Crippen LogP contribution in [0.5, 0.6) is 0 Å². The number of benzene rings is 10. The first-order valence-electron chi connectivity index (χ1n) is 19.8. The number of para-hydroxylation sites is 2. The Kier molecular flexibility index (Phi) is 8.19. The summed E-state index contributed by atoms with van der Waals surface area (Å²) in [5.41, 5.74) is 14.6. The molecule has 272 valence electrons. The van der Waals surface area contributed by atoms with E-state index in [2.05, 4.69) is 217 Å². The lowest BCUT2D eigenvalue weighted by atomic mass is 9.89. The van der Waals surface area contributed by atoms with Crippen LogP contribution < -0.4 is 4.90 Å². The maximum absolute atomic E-state index is 6.34. The monoisotopic (exact) mass is 739 g/mol. The second-order valence-electron chi connectivity index (χ2n) is 14.9. The van der Waals surface area contributed by atoms with Crippen molar-refractivity contribution in [2.45, 2.75) is 0 Å². The molecule has 10 aromatic carbocycles. The molecule has 58 heavy (non-hydrogen) atoms. The average molecular weight is 740 g/mol. The topological polar surface area (TPSA) is 16.4 Å². The molecule has 1 heterocycles. The highest BCUT2D eigenvalue weighted by Gasteiger charge is 2.16. The van der Waals surface area contributed by atoms with Crippen LogP contribution in [0.2, 0.25) is 0 Å². The molecule has 0 amide bonds. The standard InChI is InChI=1S/C56H37NO/c1-2-13-47(14-3-1)57(49-32-26-41(27-33-49)45-23-20-38-10-4-5-12-44(38)36-45)48-30-24-40(25-31-48)39-18-21-43(22-19-39)51-34-28-42-11-6-7-15-50(42)56(51)46-29-35-53-52-16-8-9-17-54(52)58-55(53)37-46/h1-37H. The van der Waals surface area contributed by atoms with Crippen LogP contribution in [0.4, 0.5) is 17.1 Å². The van der Waals surface area contributed by atoms with Gasteiger partial charge in [-0.3, -0.25) is 0 Å². The van der Waals surface area contributed by atoms with Gasteiger partial charge in [0.05, 0.1) is 0 Å². The highest BCUT2D eigenvalue weighted by Crippen LogP contribution is 2.42. The van der Waals surface area contributed by atoms with Crippen LogP contribution in [-0.2, 0) is 0 Å². The molecule has 1 aromatic heterocycles. The molecule has 2 heteroatoms. The second-order valence-corrected chi connectivity index (χ2v) is 14.9. The molecule has 0 aliphatic heterocycles. The summed E-state index contributed by atoms with van der Waals surface area (Å²) in [6, 6.07) is 80.7. The normalized spacial score (nSPS) is 11.4. The van der Waals surface area contributed by atoms with Crippen LogP contribution in [0.1, 0.15) is 0 Å². The van der Waals surface area contributed by atoms with E-state index in [1.54, 1.807) is 0 Å². The number of fused-ring (bicyclic) bond motifs is 5. The van der Waals surface area contributed by atoms with E-state index in [9.17, 15) is 0 Å². The Balaban J connectivity index is 0.915. The van der Waals surface area contributed by atoms with Crippen LogP contribution in [0, 0.1) is 0 Å². The largest absolute Gasteiger partial charge is 0.456 e. The lowest BCUT2D eigenvalue weighted by molar-refractivity contribution is 0.669. The molecule has 2 nitrogen and oxygen atoms in total. The van der Waals surface area contributed by atoms with Crippen molar-refractivity contribution in [1.82, 2.24) is 0 Å². The number of nitrogens with zero attached hydrogens (tertiary/aromatic N) is 1. The molecule has 0 saturated carbocycles. The third kappa shape index (κ3) is 6.00. The number of rotatable bonds is 7. The van der Waals surface area contributed by atoms with E-state index in [1.807, 2.05) is 12.1 Å². The fourth-order valence-electron chi connectivity index (χ4n) is 8.55. The summed E-state index contributed by atoms with van der Waals surface area (Å²) >= 11 is 0. The minimum Gasteiger partial charge on any atom is -0.456 e. The predicted molar refractivity (Wildman–Crippen MR) is 245 cm³/mol. The Morgan fingerprint density at radius 1 is 0.276 bits per heavy atom. The molecule has 11 rings (SSSR count). The molecule has 0 N–H and O–H groups in total. The predicted octanol–water partition coefficient (Wildman–Crippen LogP) is 16.0. The van der Waals surface area contributed by atoms with Gasteiger partial charge in [0, 0.05) is 27.8 Å². The smallest absolute Gasteiger partial charge is 0.136 e. The van der Waals surface area contributed by atoms with Crippen LogP contribution in [-0.4, -0.2) is 0 Å². The van der Waals surface area contributed by atoms with Crippen LogP contribution in [0.25, 0.3) is 88.0 Å². The van der Waals surface area contributed by atoms with Crippen molar-refractivity contribution in [3.8, 4) is 44.5 Å². The van der Waals surface area contributed by atoms with Crippen molar-refractivity contribution >= 4 is 60.5 Å². The van der Waals surface area contributed by atoms with E-state index in [1.165, 1.54) is 60.5 Å². The highest BCUT2D eigenvalue weighted by molar-refractivity contribution is 6.09. The summed E-state index contributed by atoms with van der Waals surface area (Å²) in [5, 5.41) is 7.23. The molecule has 0 saturated heterocycles. The highest BCUT2D eigenvalue weighted by atomic mass is 16.3. The molecule has 11 aromatic rings. The van der Waals surface area contributed by atoms with Gasteiger partial charge in [0.15, 0.2) is 0 Å². The van der Waals surface area contributed by atoms with Crippen molar-refractivity contribution in [1.29, 1.82) is 0 Å². The lowest BCUT2D eigenvalue weighted by Gasteiger charge is -2.26. The Morgan fingerprint density at radius 3 is 1.52 bits per heavy atom. The quantitative estimate of drug-likeness (QED) is 0.162. The van der Waals surface area contributed by atoms with E-state index in [-0.39, 0.29) is 0 Å². The number of anilines is 3. The zero-order valence-electron chi connectivity index (χ0n) is 31.7. The van der Waals surface area contributed by atoms with Gasteiger partial charge < -0.3 is 9.32 Å². The van der Waals surface area contributed by atoms with E-state index in [4.69, 9.17) is 4.42 Å². The van der Waals surface area contributed by atoms with Gasteiger partial charge in [0.2, 0.25) is 0 Å². The molecule has 0 unspecified atom stereocenters. The van der Waals surface area contributed by atoms with Crippen molar-refractivity contribution in [3.05, 3.63) is 224 Å². The SMILES string of the molecule is c1ccc(N(c2ccc(-c3ccc(-c4ccc5ccccc5c4-c4ccc5c(c4)oc4ccccc45)cc3)cc2)c2ccc(-c3ccc4ccccc4c3)cc2)cc1. The van der Waals surface area contributed by atoms with Gasteiger partial charge in [0.1, 0.15) is 11.2 Å². The first-order chi connectivity index (χ1) is 28.7. The summed E-state index contributed by atoms with van der Waals surface area (Å²) < 4.78 is 6.34. The van der Waals surface area contributed by atoms with Crippen molar-refractivity contribution in [2.75, 3.05) is 4.90 Å². The van der Waals surface area contributed by atoms with Crippen LogP contribution in [0.15, 0.2) is 229 Å². The molecule has 0 radical (unpaired) electrons. The molecule has 0 bridgehead atoms. The molecule has 0 spiro atoms. The average Bonchev–Trinajstić information content (AvgIpc) is 3.67. The van der Waals surface area contributed by atoms with Gasteiger partial charge in [-0.25, -0.2) is 0 Å². The first-order valence-corrected chi connectivity index (χ1v) is 19.8. The molecular formula is C56H37NO. The van der Waals surface area contributed by atoms with Crippen LogP contribution >= 0.6 is 0 Å². The maximum Gasteiger partial charge on any atom is 0.136 e. The minimum atomic E-state index is 0.903. The molecule has 0 aliphatic rings. The number of hydrogen-bond donors (Lipinski definition) is 0. The van der Waals surface area contributed by atoms with Crippen LogP contribution in [0.3, 0.4) is 0 Å². The molecule has 0 fully saturated rings. The van der Waals surface area contributed by atoms with E-state index in [0.717, 1.165) is 44.6 Å². The number of furan rings is 1. The van der Waals surface area contributed by atoms with Crippen molar-refractivity contribution < 1.29 is 4.42 Å². The lowest BCUT2D eigenvalue weighted by Crippen LogP contribution is -2.09. The number of hydrogen-bond acceptors (Lipinski definition) is 2. The second kappa shape index (κ2) is 14.1. The summed E-state index contributed by atoms with van der Waals surface area (Å²) in [4.78, 5) is 2.32. The van der Waals surface area contributed by atoms with Crippen molar-refractivity contribution in [2.24, 2.45) is 0 Å². The summed E-state index contributed by atoms with van der Waals surface area (Å²) in [6.45, 7) is 0. The molecule has 0 aliphatic carbocycles. The fourth-order valence-corrected chi connectivity index (χ4v) is 8.55. The van der Waals surface area contributed by atoms with Gasteiger partial charge in [-0.05, 0) is 127 Å². The zero-order valence-corrected chi connectivity index (χ0v) is 31.7. The molecular weight excluding hydrogens is 703 g/mol.